The van der Waals surface area contributed by atoms with Gasteiger partial charge in [0, 0.05) is 19.2 Å². The zero-order valence-corrected chi connectivity index (χ0v) is 11.8. The topological polar surface area (TPSA) is 65.8 Å². The van der Waals surface area contributed by atoms with Gasteiger partial charge in [-0.25, -0.2) is 0 Å². The monoisotopic (exact) mass is 278 g/mol. The summed E-state index contributed by atoms with van der Waals surface area (Å²) in [6.45, 7) is 1.29. The molecule has 1 aromatic carbocycles. The molecule has 2 rings (SSSR count). The van der Waals surface area contributed by atoms with E-state index in [-0.39, 0.29) is 0 Å². The molecular weight excluding hydrogens is 260 g/mol. The van der Waals surface area contributed by atoms with Crippen LogP contribution in [-0.2, 0) is 13.1 Å². The molecular formula is C14H18N2O4. The summed E-state index contributed by atoms with van der Waals surface area (Å²) in [7, 11) is 4.79. The van der Waals surface area contributed by atoms with Gasteiger partial charge in [-0.2, -0.15) is 0 Å². The average molecular weight is 278 g/mol. The first-order valence-electron chi connectivity index (χ1n) is 6.17. The summed E-state index contributed by atoms with van der Waals surface area (Å²) >= 11 is 0. The van der Waals surface area contributed by atoms with Crippen molar-refractivity contribution in [3.63, 3.8) is 0 Å². The quantitative estimate of drug-likeness (QED) is 0.835. The van der Waals surface area contributed by atoms with Gasteiger partial charge in [-0.1, -0.05) is 5.16 Å². The number of ether oxygens (including phenoxy) is 3. The zero-order chi connectivity index (χ0) is 14.4. The molecule has 0 amide bonds. The second kappa shape index (κ2) is 6.81. The Kier molecular flexibility index (Phi) is 4.84. The van der Waals surface area contributed by atoms with Gasteiger partial charge in [0.05, 0.1) is 27.0 Å². The Morgan fingerprint density at radius 3 is 2.25 bits per heavy atom. The molecule has 0 aliphatic carbocycles. The molecule has 0 spiro atoms. The first kappa shape index (κ1) is 14.2. The molecule has 0 unspecified atom stereocenters. The van der Waals surface area contributed by atoms with E-state index < -0.39 is 0 Å². The minimum Gasteiger partial charge on any atom is -0.493 e. The van der Waals surface area contributed by atoms with Gasteiger partial charge >= 0.3 is 0 Å². The summed E-state index contributed by atoms with van der Waals surface area (Å²) in [5.41, 5.74) is 1.89. The molecule has 108 valence electrons. The van der Waals surface area contributed by atoms with Crippen molar-refractivity contribution in [3.8, 4) is 17.2 Å². The van der Waals surface area contributed by atoms with Crippen molar-refractivity contribution in [1.82, 2.24) is 10.5 Å². The first-order chi connectivity index (χ1) is 9.78. The van der Waals surface area contributed by atoms with Crippen LogP contribution in [0.5, 0.6) is 17.2 Å². The van der Waals surface area contributed by atoms with Crippen LogP contribution in [0.15, 0.2) is 29.0 Å². The maximum Gasteiger partial charge on any atom is 0.203 e. The van der Waals surface area contributed by atoms with Crippen LogP contribution in [0, 0.1) is 0 Å². The molecule has 1 N–H and O–H groups in total. The van der Waals surface area contributed by atoms with Gasteiger partial charge in [0.1, 0.15) is 6.26 Å². The number of aromatic nitrogens is 1. The van der Waals surface area contributed by atoms with Gasteiger partial charge in [-0.15, -0.1) is 0 Å². The molecule has 20 heavy (non-hydrogen) atoms. The van der Waals surface area contributed by atoms with Crippen molar-refractivity contribution in [2.24, 2.45) is 0 Å². The molecule has 0 radical (unpaired) electrons. The number of hydrogen-bond acceptors (Lipinski definition) is 6. The van der Waals surface area contributed by atoms with Crippen LogP contribution in [0.25, 0.3) is 0 Å². The second-order valence-electron chi connectivity index (χ2n) is 4.13. The summed E-state index contributed by atoms with van der Waals surface area (Å²) in [6.07, 6.45) is 1.55. The highest BCUT2D eigenvalue weighted by Crippen LogP contribution is 2.38. The maximum atomic E-state index is 5.31. The van der Waals surface area contributed by atoms with E-state index in [0.717, 1.165) is 11.3 Å². The lowest BCUT2D eigenvalue weighted by molar-refractivity contribution is 0.323. The third-order valence-corrected chi connectivity index (χ3v) is 2.85. The zero-order valence-electron chi connectivity index (χ0n) is 11.8. The number of hydrogen-bond donors (Lipinski definition) is 1. The molecule has 1 aromatic heterocycles. The fraction of sp³-hybridized carbons (Fsp3) is 0.357. The fourth-order valence-electron chi connectivity index (χ4n) is 1.90. The Bertz CT molecular complexity index is 515. The first-order valence-corrected chi connectivity index (χ1v) is 6.17. The Labute approximate surface area is 117 Å². The Balaban J connectivity index is 2.07. The van der Waals surface area contributed by atoms with Gasteiger partial charge < -0.3 is 24.1 Å². The smallest absolute Gasteiger partial charge is 0.203 e. The third kappa shape index (κ3) is 3.21. The van der Waals surface area contributed by atoms with Gasteiger partial charge in [0.2, 0.25) is 5.75 Å². The van der Waals surface area contributed by atoms with Gasteiger partial charge in [0.25, 0.3) is 0 Å². The molecule has 0 saturated heterocycles. The van der Waals surface area contributed by atoms with E-state index in [0.29, 0.717) is 30.3 Å². The molecule has 0 fully saturated rings. The highest BCUT2D eigenvalue weighted by Gasteiger charge is 2.12. The minimum absolute atomic E-state index is 0.593. The largest absolute Gasteiger partial charge is 0.493 e. The van der Waals surface area contributed by atoms with Crippen LogP contribution >= 0.6 is 0 Å². The highest BCUT2D eigenvalue weighted by molar-refractivity contribution is 5.53. The van der Waals surface area contributed by atoms with Crippen LogP contribution in [0.2, 0.25) is 0 Å². The summed E-state index contributed by atoms with van der Waals surface area (Å²) < 4.78 is 20.7. The Morgan fingerprint density at radius 2 is 1.75 bits per heavy atom. The third-order valence-electron chi connectivity index (χ3n) is 2.85. The standard InChI is InChI=1S/C14H18N2O4/c1-17-12-6-10(7-13(18-2)14(12)19-3)8-15-9-11-4-5-20-16-11/h4-7,15H,8-9H2,1-3H3. The second-order valence-corrected chi connectivity index (χ2v) is 4.13. The van der Waals surface area contributed by atoms with E-state index in [1.165, 1.54) is 0 Å². The van der Waals surface area contributed by atoms with E-state index in [1.807, 2.05) is 18.2 Å². The Morgan fingerprint density at radius 1 is 1.05 bits per heavy atom. The van der Waals surface area contributed by atoms with Crippen molar-refractivity contribution >= 4 is 0 Å². The lowest BCUT2D eigenvalue weighted by Gasteiger charge is -2.14. The number of methoxy groups -OCH3 is 3. The summed E-state index contributed by atoms with van der Waals surface area (Å²) in [5.74, 6) is 1.88. The predicted octanol–water partition coefficient (Wildman–Crippen LogP) is 1.99. The summed E-state index contributed by atoms with van der Waals surface area (Å²) in [5, 5.41) is 7.11. The van der Waals surface area contributed by atoms with Crippen LogP contribution in [0.4, 0.5) is 0 Å². The van der Waals surface area contributed by atoms with E-state index >= 15 is 0 Å². The maximum absolute atomic E-state index is 5.31. The van der Waals surface area contributed by atoms with E-state index in [9.17, 15) is 0 Å². The SMILES string of the molecule is COc1cc(CNCc2ccon2)cc(OC)c1OC. The van der Waals surface area contributed by atoms with Crippen molar-refractivity contribution in [1.29, 1.82) is 0 Å². The lowest BCUT2D eigenvalue weighted by Crippen LogP contribution is -2.13. The van der Waals surface area contributed by atoms with Crippen LogP contribution in [-0.4, -0.2) is 26.5 Å². The van der Waals surface area contributed by atoms with Crippen molar-refractivity contribution in [2.45, 2.75) is 13.1 Å². The molecule has 1 heterocycles. The number of nitrogens with one attached hydrogen (secondary N) is 1. The highest BCUT2D eigenvalue weighted by atomic mass is 16.5. The van der Waals surface area contributed by atoms with Crippen LogP contribution in [0.3, 0.4) is 0 Å². The molecule has 0 atom stereocenters. The molecule has 6 heteroatoms. The van der Waals surface area contributed by atoms with Crippen molar-refractivity contribution in [3.05, 3.63) is 35.7 Å². The van der Waals surface area contributed by atoms with Crippen LogP contribution in [0.1, 0.15) is 11.3 Å². The van der Waals surface area contributed by atoms with Crippen molar-refractivity contribution < 1.29 is 18.7 Å². The van der Waals surface area contributed by atoms with Gasteiger partial charge in [0.15, 0.2) is 11.5 Å². The normalized spacial score (nSPS) is 10.3. The fourth-order valence-corrected chi connectivity index (χ4v) is 1.90. The number of rotatable bonds is 7. The van der Waals surface area contributed by atoms with Gasteiger partial charge in [-0.3, -0.25) is 0 Å². The number of nitrogens with zero attached hydrogens (tertiary/aromatic N) is 1. The van der Waals surface area contributed by atoms with E-state index in [2.05, 4.69) is 10.5 Å². The molecule has 6 nitrogen and oxygen atoms in total. The van der Waals surface area contributed by atoms with E-state index in [4.69, 9.17) is 18.7 Å². The van der Waals surface area contributed by atoms with Crippen molar-refractivity contribution in [2.75, 3.05) is 21.3 Å². The molecule has 0 aliphatic heterocycles. The Hall–Kier alpha value is -2.21. The summed E-state index contributed by atoms with van der Waals surface area (Å²) in [6, 6.07) is 5.65. The average Bonchev–Trinajstić information content (AvgIpc) is 2.99. The predicted molar refractivity (Wildman–Crippen MR) is 73.1 cm³/mol. The lowest BCUT2D eigenvalue weighted by atomic mass is 10.1. The molecule has 0 saturated carbocycles. The van der Waals surface area contributed by atoms with E-state index in [1.54, 1.807) is 27.6 Å². The minimum atomic E-state index is 0.593. The molecule has 2 aromatic rings. The molecule has 0 aliphatic rings. The number of benzene rings is 1. The molecule has 0 bridgehead atoms. The van der Waals surface area contributed by atoms with Gasteiger partial charge in [-0.05, 0) is 17.7 Å². The van der Waals surface area contributed by atoms with Crippen LogP contribution < -0.4 is 19.5 Å². The summed E-state index contributed by atoms with van der Waals surface area (Å²) in [4.78, 5) is 0.